The van der Waals surface area contributed by atoms with Gasteiger partial charge in [0.2, 0.25) is 0 Å². The fraction of sp³-hybridized carbons (Fsp3) is 0. The molecule has 0 atom stereocenters. The Labute approximate surface area is 128 Å². The number of benzene rings is 2. The second-order valence-corrected chi connectivity index (χ2v) is 4.65. The van der Waals surface area contributed by atoms with Crippen LogP contribution in [0, 0.1) is 17.5 Å². The van der Waals surface area contributed by atoms with Gasteiger partial charge in [-0.2, -0.15) is 0 Å². The molecule has 0 saturated carbocycles. The Hall–Kier alpha value is -3.09. The van der Waals surface area contributed by atoms with Gasteiger partial charge in [-0.3, -0.25) is 4.79 Å². The van der Waals surface area contributed by atoms with Crippen molar-refractivity contribution in [3.05, 3.63) is 71.7 Å². The lowest BCUT2D eigenvalue weighted by molar-refractivity contribution is 0.102. The lowest BCUT2D eigenvalue weighted by Gasteiger charge is -2.06. The topological polar surface area (TPSA) is 55.1 Å². The number of nitrogens with zero attached hydrogens (tertiary/aromatic N) is 1. The highest BCUT2D eigenvalue weighted by molar-refractivity contribution is 6.07. The van der Waals surface area contributed by atoms with Gasteiger partial charge in [0.25, 0.3) is 5.91 Å². The van der Waals surface area contributed by atoms with Gasteiger partial charge in [-0.25, -0.2) is 13.2 Å². The predicted molar refractivity (Wildman–Crippen MR) is 76.2 cm³/mol. The van der Waals surface area contributed by atoms with E-state index < -0.39 is 23.4 Å². The Morgan fingerprint density at radius 1 is 1.00 bits per heavy atom. The number of halogens is 3. The molecule has 3 aromatic rings. The first-order chi connectivity index (χ1) is 11.0. The van der Waals surface area contributed by atoms with Crippen molar-refractivity contribution in [3.63, 3.8) is 0 Å². The van der Waals surface area contributed by atoms with Crippen LogP contribution in [0.3, 0.4) is 0 Å². The molecule has 0 saturated heterocycles. The quantitative estimate of drug-likeness (QED) is 0.794. The van der Waals surface area contributed by atoms with Crippen molar-refractivity contribution in [2.75, 3.05) is 5.32 Å². The molecule has 2 aromatic carbocycles. The zero-order valence-corrected chi connectivity index (χ0v) is 11.5. The number of aromatic nitrogens is 1. The average Bonchev–Trinajstić information content (AvgIpc) is 3.00. The van der Waals surface area contributed by atoms with Gasteiger partial charge in [0.05, 0.1) is 11.9 Å². The zero-order chi connectivity index (χ0) is 16.4. The van der Waals surface area contributed by atoms with Crippen molar-refractivity contribution in [2.45, 2.75) is 0 Å². The minimum Gasteiger partial charge on any atom is -0.355 e. The Balaban J connectivity index is 1.89. The molecule has 0 fully saturated rings. The molecule has 7 heteroatoms. The van der Waals surface area contributed by atoms with E-state index in [2.05, 4.69) is 10.5 Å². The standard InChI is InChI=1S/C16H9F3N2O2/c17-10-3-1-9(2-4-10)15-12(8-20-23-15)16(22)21-14-6-5-11(18)7-13(14)19/h1-8H,(H,21,22). The van der Waals surface area contributed by atoms with E-state index in [1.807, 2.05) is 0 Å². The van der Waals surface area contributed by atoms with E-state index >= 15 is 0 Å². The van der Waals surface area contributed by atoms with Gasteiger partial charge in [-0.15, -0.1) is 0 Å². The maximum absolute atomic E-state index is 13.6. The van der Waals surface area contributed by atoms with Crippen molar-refractivity contribution in [1.82, 2.24) is 5.16 Å². The lowest BCUT2D eigenvalue weighted by Crippen LogP contribution is -2.13. The van der Waals surface area contributed by atoms with Crippen molar-refractivity contribution < 1.29 is 22.5 Å². The number of anilines is 1. The first-order valence-corrected chi connectivity index (χ1v) is 6.51. The van der Waals surface area contributed by atoms with Crippen molar-refractivity contribution >= 4 is 11.6 Å². The molecule has 0 unspecified atom stereocenters. The van der Waals surface area contributed by atoms with Gasteiger partial charge in [0, 0.05) is 11.6 Å². The van der Waals surface area contributed by atoms with Crippen LogP contribution >= 0.6 is 0 Å². The van der Waals surface area contributed by atoms with Gasteiger partial charge in [-0.05, 0) is 36.4 Å². The van der Waals surface area contributed by atoms with Crippen LogP contribution in [0.4, 0.5) is 18.9 Å². The van der Waals surface area contributed by atoms with E-state index in [9.17, 15) is 18.0 Å². The maximum atomic E-state index is 13.6. The summed E-state index contributed by atoms with van der Waals surface area (Å²) < 4.78 is 44.4. The minimum atomic E-state index is -0.905. The molecule has 1 heterocycles. The zero-order valence-electron chi connectivity index (χ0n) is 11.5. The normalized spacial score (nSPS) is 10.6. The largest absolute Gasteiger partial charge is 0.355 e. The number of amides is 1. The molecule has 23 heavy (non-hydrogen) atoms. The summed E-state index contributed by atoms with van der Waals surface area (Å²) in [5, 5.41) is 5.84. The average molecular weight is 318 g/mol. The van der Waals surface area contributed by atoms with Crippen LogP contribution in [0.1, 0.15) is 10.4 Å². The van der Waals surface area contributed by atoms with Crippen molar-refractivity contribution in [2.24, 2.45) is 0 Å². The molecule has 3 rings (SSSR count). The fourth-order valence-corrected chi connectivity index (χ4v) is 1.99. The van der Waals surface area contributed by atoms with Crippen LogP contribution in [-0.2, 0) is 0 Å². The van der Waals surface area contributed by atoms with Crippen LogP contribution in [-0.4, -0.2) is 11.1 Å². The Morgan fingerprint density at radius 2 is 1.70 bits per heavy atom. The van der Waals surface area contributed by atoms with Crippen molar-refractivity contribution in [1.29, 1.82) is 0 Å². The monoisotopic (exact) mass is 318 g/mol. The molecule has 1 N–H and O–H groups in total. The van der Waals surface area contributed by atoms with E-state index in [0.29, 0.717) is 11.6 Å². The third-order valence-corrected chi connectivity index (χ3v) is 3.10. The van der Waals surface area contributed by atoms with E-state index in [0.717, 1.165) is 18.3 Å². The minimum absolute atomic E-state index is 0.0420. The Bertz CT molecular complexity index is 860. The number of nitrogens with one attached hydrogen (secondary N) is 1. The summed E-state index contributed by atoms with van der Waals surface area (Å²) in [5.41, 5.74) is 0.302. The molecule has 4 nitrogen and oxygen atoms in total. The molecule has 0 spiro atoms. The number of hydrogen-bond donors (Lipinski definition) is 1. The predicted octanol–water partition coefficient (Wildman–Crippen LogP) is 4.01. The Kier molecular flexibility index (Phi) is 3.84. The number of rotatable bonds is 3. The van der Waals surface area contributed by atoms with Gasteiger partial charge in [-0.1, -0.05) is 5.16 Å². The number of carbonyl (C=O) groups is 1. The highest BCUT2D eigenvalue weighted by Gasteiger charge is 2.19. The molecular weight excluding hydrogens is 309 g/mol. The summed E-state index contributed by atoms with van der Waals surface area (Å²) in [5.74, 6) is -2.66. The third-order valence-electron chi connectivity index (χ3n) is 3.10. The smallest absolute Gasteiger partial charge is 0.261 e. The molecule has 1 aromatic heterocycles. The highest BCUT2D eigenvalue weighted by Crippen LogP contribution is 2.25. The molecule has 0 aliphatic heterocycles. The van der Waals surface area contributed by atoms with Gasteiger partial charge in [0.1, 0.15) is 23.0 Å². The number of carbonyl (C=O) groups excluding carboxylic acids is 1. The van der Waals surface area contributed by atoms with E-state index in [1.165, 1.54) is 24.3 Å². The maximum Gasteiger partial charge on any atom is 0.261 e. The van der Waals surface area contributed by atoms with Gasteiger partial charge >= 0.3 is 0 Å². The molecule has 0 aliphatic rings. The summed E-state index contributed by atoms with van der Waals surface area (Å²) in [4.78, 5) is 12.2. The summed E-state index contributed by atoms with van der Waals surface area (Å²) in [6.45, 7) is 0. The first kappa shape index (κ1) is 14.8. The highest BCUT2D eigenvalue weighted by atomic mass is 19.1. The molecule has 1 amide bonds. The third kappa shape index (κ3) is 3.08. The fourth-order valence-electron chi connectivity index (χ4n) is 1.99. The van der Waals surface area contributed by atoms with Gasteiger partial charge < -0.3 is 9.84 Å². The van der Waals surface area contributed by atoms with Crippen LogP contribution in [0.2, 0.25) is 0 Å². The SMILES string of the molecule is O=C(Nc1ccc(F)cc1F)c1cnoc1-c1ccc(F)cc1. The Morgan fingerprint density at radius 3 is 2.39 bits per heavy atom. The van der Waals surface area contributed by atoms with Crippen LogP contribution in [0.5, 0.6) is 0 Å². The van der Waals surface area contributed by atoms with Crippen molar-refractivity contribution in [3.8, 4) is 11.3 Å². The van der Waals surface area contributed by atoms with E-state index in [1.54, 1.807) is 0 Å². The molecule has 0 bridgehead atoms. The molecule has 116 valence electrons. The molecular formula is C16H9F3N2O2. The van der Waals surface area contributed by atoms with E-state index in [-0.39, 0.29) is 17.0 Å². The van der Waals surface area contributed by atoms with Crippen LogP contribution < -0.4 is 5.32 Å². The van der Waals surface area contributed by atoms with Crippen LogP contribution in [0.15, 0.2) is 53.2 Å². The van der Waals surface area contributed by atoms with Gasteiger partial charge in [0.15, 0.2) is 5.76 Å². The summed E-state index contributed by atoms with van der Waals surface area (Å²) in [7, 11) is 0. The second kappa shape index (κ2) is 5.96. The number of hydrogen-bond acceptors (Lipinski definition) is 3. The summed E-state index contributed by atoms with van der Waals surface area (Å²) >= 11 is 0. The second-order valence-electron chi connectivity index (χ2n) is 4.65. The molecule has 0 aliphatic carbocycles. The summed E-state index contributed by atoms with van der Waals surface area (Å²) in [6, 6.07) is 8.04. The lowest BCUT2D eigenvalue weighted by atomic mass is 10.1. The summed E-state index contributed by atoms with van der Waals surface area (Å²) in [6.07, 6.45) is 1.16. The van der Waals surface area contributed by atoms with Crippen LogP contribution in [0.25, 0.3) is 11.3 Å². The van der Waals surface area contributed by atoms with E-state index in [4.69, 9.17) is 4.52 Å². The first-order valence-electron chi connectivity index (χ1n) is 6.51. The molecule has 0 radical (unpaired) electrons.